The van der Waals surface area contributed by atoms with Gasteiger partial charge in [0.15, 0.2) is 0 Å². The third-order valence-electron chi connectivity index (χ3n) is 11.0. The standard InChI is InChI=1S/C28H50OTe/c1-19(2)12-16-30-17-13-20(3)24-8-9-25-23-7-6-21-18-22(29)10-14-27(21,4)26(23)11-15-28(24,25)5/h19-26,29H,6-18H2,1-5H3/t20-,21+,22+,23+,24-,25+,26+,27+,28-/m1/s1. The summed E-state index contributed by atoms with van der Waals surface area (Å²) in [6.45, 7) is 12.8. The number of hydrogen-bond acceptors (Lipinski definition) is 1. The predicted octanol–water partition coefficient (Wildman–Crippen LogP) is 7.62. The van der Waals surface area contributed by atoms with Gasteiger partial charge in [0.1, 0.15) is 0 Å². The van der Waals surface area contributed by atoms with Crippen molar-refractivity contribution in [2.45, 2.75) is 120 Å². The van der Waals surface area contributed by atoms with E-state index in [-0.39, 0.29) is 27.0 Å². The summed E-state index contributed by atoms with van der Waals surface area (Å²) in [6.07, 6.45) is 15.4. The molecule has 1 N–H and O–H groups in total. The molecule has 4 fully saturated rings. The quantitative estimate of drug-likeness (QED) is 0.265. The molecule has 0 aromatic heterocycles. The first-order valence-corrected chi connectivity index (χ1v) is 16.8. The van der Waals surface area contributed by atoms with E-state index in [1.165, 1.54) is 57.8 Å². The average Bonchev–Trinajstić information content (AvgIpc) is 3.05. The molecule has 0 radical (unpaired) electrons. The molecule has 4 aliphatic carbocycles. The van der Waals surface area contributed by atoms with E-state index in [1.807, 2.05) is 0 Å². The van der Waals surface area contributed by atoms with Gasteiger partial charge in [-0.3, -0.25) is 0 Å². The molecule has 30 heavy (non-hydrogen) atoms. The molecule has 0 aromatic rings. The number of aliphatic hydroxyl groups is 1. The zero-order valence-electron chi connectivity index (χ0n) is 20.7. The normalized spacial score (nSPS) is 46.9. The van der Waals surface area contributed by atoms with Crippen LogP contribution in [0.2, 0.25) is 8.94 Å². The number of aliphatic hydroxyl groups excluding tert-OH is 1. The van der Waals surface area contributed by atoms with Gasteiger partial charge in [-0.05, 0) is 0 Å². The Morgan fingerprint density at radius 3 is 2.30 bits per heavy atom. The van der Waals surface area contributed by atoms with Crippen molar-refractivity contribution in [3.8, 4) is 0 Å². The second-order valence-corrected chi connectivity index (χ2v) is 16.4. The molecule has 2 heteroatoms. The summed E-state index contributed by atoms with van der Waals surface area (Å²) < 4.78 is 3.16. The van der Waals surface area contributed by atoms with Gasteiger partial charge >= 0.3 is 193 Å². The van der Waals surface area contributed by atoms with Crippen molar-refractivity contribution in [2.24, 2.45) is 52.3 Å². The Balaban J connectivity index is 1.38. The van der Waals surface area contributed by atoms with Gasteiger partial charge < -0.3 is 5.11 Å². The molecule has 4 saturated carbocycles. The van der Waals surface area contributed by atoms with Crippen LogP contribution in [-0.4, -0.2) is 32.1 Å². The van der Waals surface area contributed by atoms with Crippen LogP contribution in [0.25, 0.3) is 0 Å². The second kappa shape index (κ2) is 9.55. The first-order chi connectivity index (χ1) is 14.3. The van der Waals surface area contributed by atoms with Crippen LogP contribution >= 0.6 is 0 Å². The summed E-state index contributed by atoms with van der Waals surface area (Å²) in [4.78, 5) is 0. The molecule has 0 heterocycles. The van der Waals surface area contributed by atoms with Crippen molar-refractivity contribution < 1.29 is 5.11 Å². The fourth-order valence-corrected chi connectivity index (χ4v) is 13.0. The summed E-state index contributed by atoms with van der Waals surface area (Å²) in [5.41, 5.74) is 1.17. The van der Waals surface area contributed by atoms with E-state index < -0.39 is 0 Å². The van der Waals surface area contributed by atoms with Crippen molar-refractivity contribution in [3.63, 3.8) is 0 Å². The summed E-state index contributed by atoms with van der Waals surface area (Å²) >= 11 is 0.270. The van der Waals surface area contributed by atoms with E-state index in [4.69, 9.17) is 0 Å². The van der Waals surface area contributed by atoms with Crippen LogP contribution in [0.5, 0.6) is 0 Å². The summed E-state index contributed by atoms with van der Waals surface area (Å²) in [5, 5.41) is 10.3. The fraction of sp³-hybridized carbons (Fsp3) is 1.00. The maximum atomic E-state index is 10.3. The molecule has 0 unspecified atom stereocenters. The topological polar surface area (TPSA) is 20.2 Å². The summed E-state index contributed by atoms with van der Waals surface area (Å²) in [7, 11) is 0. The van der Waals surface area contributed by atoms with Crippen molar-refractivity contribution in [2.75, 3.05) is 0 Å². The van der Waals surface area contributed by atoms with E-state index in [2.05, 4.69) is 34.6 Å². The molecule has 4 rings (SSSR count). The minimum absolute atomic E-state index is 0.00551. The SMILES string of the molecule is CC(C)CC[Te]CC[C@@H](C)[C@H]1CC[C@H]2[C@@H]3CC[C@H]4C[C@@H](O)CC[C@]4(C)[C@H]3CC[C@]12C. The van der Waals surface area contributed by atoms with Gasteiger partial charge in [0, 0.05) is 0 Å². The van der Waals surface area contributed by atoms with Gasteiger partial charge in [0.05, 0.1) is 0 Å². The number of fused-ring (bicyclic) bond motifs is 5. The van der Waals surface area contributed by atoms with Crippen LogP contribution in [0.3, 0.4) is 0 Å². The number of hydrogen-bond donors (Lipinski definition) is 1. The zero-order valence-corrected chi connectivity index (χ0v) is 23.0. The monoisotopic (exact) mass is 532 g/mol. The second-order valence-electron chi connectivity index (χ2n) is 12.9. The van der Waals surface area contributed by atoms with E-state index in [0.717, 1.165) is 54.3 Å². The third-order valence-corrected chi connectivity index (χ3v) is 13.9. The van der Waals surface area contributed by atoms with E-state index in [0.29, 0.717) is 10.8 Å². The Kier molecular flexibility index (Phi) is 7.60. The van der Waals surface area contributed by atoms with Crippen molar-refractivity contribution in [1.82, 2.24) is 0 Å². The Labute approximate surface area is 198 Å². The van der Waals surface area contributed by atoms with Gasteiger partial charge in [-0.2, -0.15) is 0 Å². The first kappa shape index (κ1) is 23.9. The van der Waals surface area contributed by atoms with E-state index in [1.54, 1.807) is 8.94 Å². The predicted molar refractivity (Wildman–Crippen MR) is 130 cm³/mol. The molecular weight excluding hydrogens is 480 g/mol. The Morgan fingerprint density at radius 1 is 0.833 bits per heavy atom. The van der Waals surface area contributed by atoms with Crippen LogP contribution in [0.4, 0.5) is 0 Å². The fourth-order valence-electron chi connectivity index (χ4n) is 9.10. The Morgan fingerprint density at radius 2 is 1.53 bits per heavy atom. The first-order valence-electron chi connectivity index (χ1n) is 13.5. The molecule has 0 amide bonds. The molecule has 0 aliphatic heterocycles. The van der Waals surface area contributed by atoms with Gasteiger partial charge in [-0.1, -0.05) is 0 Å². The molecule has 4 aliphatic rings. The van der Waals surface area contributed by atoms with E-state index in [9.17, 15) is 5.11 Å². The van der Waals surface area contributed by atoms with Crippen LogP contribution in [0.1, 0.15) is 105 Å². The van der Waals surface area contributed by atoms with Gasteiger partial charge in [0.2, 0.25) is 0 Å². The Hall–Kier alpha value is 0.750. The third kappa shape index (κ3) is 4.42. The van der Waals surface area contributed by atoms with Gasteiger partial charge in [-0.15, -0.1) is 0 Å². The van der Waals surface area contributed by atoms with Crippen LogP contribution in [-0.2, 0) is 0 Å². The van der Waals surface area contributed by atoms with Gasteiger partial charge in [0.25, 0.3) is 0 Å². The van der Waals surface area contributed by atoms with Crippen molar-refractivity contribution >= 4 is 20.9 Å². The molecule has 0 spiro atoms. The molecular formula is C28H50OTe. The Bertz CT molecular complexity index is 575. The van der Waals surface area contributed by atoms with Crippen molar-refractivity contribution in [1.29, 1.82) is 0 Å². The van der Waals surface area contributed by atoms with E-state index >= 15 is 0 Å². The number of rotatable bonds is 7. The van der Waals surface area contributed by atoms with Crippen LogP contribution in [0.15, 0.2) is 0 Å². The molecule has 0 bridgehead atoms. The van der Waals surface area contributed by atoms with Crippen LogP contribution < -0.4 is 0 Å². The zero-order chi connectivity index (χ0) is 21.5. The molecule has 9 atom stereocenters. The molecule has 1 nitrogen and oxygen atoms in total. The maximum absolute atomic E-state index is 10.3. The molecule has 0 aromatic carbocycles. The van der Waals surface area contributed by atoms with Crippen LogP contribution in [0, 0.1) is 52.3 Å². The van der Waals surface area contributed by atoms with Gasteiger partial charge in [-0.25, -0.2) is 0 Å². The van der Waals surface area contributed by atoms with Crippen molar-refractivity contribution in [3.05, 3.63) is 0 Å². The average molecular weight is 530 g/mol. The molecule has 0 saturated heterocycles. The summed E-state index contributed by atoms with van der Waals surface area (Å²) in [6, 6.07) is 0. The summed E-state index contributed by atoms with van der Waals surface area (Å²) in [5.74, 6) is 6.62. The molecule has 174 valence electrons. The minimum atomic E-state index is -0.00551.